The highest BCUT2D eigenvalue weighted by molar-refractivity contribution is 6.99. The van der Waals surface area contributed by atoms with E-state index in [1.165, 1.54) is 10.4 Å². The maximum atomic E-state index is 10.1. The fraction of sp³-hybridized carbons (Fsp3) is 0.455. The number of aliphatic hydroxyl groups is 1. The summed E-state index contributed by atoms with van der Waals surface area (Å²) in [6.07, 6.45) is 0.570. The molecule has 3 nitrogen and oxygen atoms in total. The Bertz CT molecular complexity index is 647. The van der Waals surface area contributed by atoms with Gasteiger partial charge in [0.2, 0.25) is 0 Å². The molecule has 1 saturated heterocycles. The fourth-order valence-electron chi connectivity index (χ4n) is 4.11. The lowest BCUT2D eigenvalue weighted by Crippen LogP contribution is -2.68. The van der Waals surface area contributed by atoms with Gasteiger partial charge >= 0.3 is 0 Å². The summed E-state index contributed by atoms with van der Waals surface area (Å²) in [7, 11) is -2.56. The van der Waals surface area contributed by atoms with E-state index in [2.05, 4.69) is 81.4 Å². The minimum atomic E-state index is -2.56. The van der Waals surface area contributed by atoms with Crippen LogP contribution < -0.4 is 10.4 Å². The zero-order valence-corrected chi connectivity index (χ0v) is 17.2. The van der Waals surface area contributed by atoms with E-state index >= 15 is 0 Å². The van der Waals surface area contributed by atoms with Gasteiger partial charge in [0.15, 0.2) is 6.29 Å². The number of benzene rings is 2. The molecule has 1 heterocycles. The van der Waals surface area contributed by atoms with Crippen LogP contribution in [0.3, 0.4) is 0 Å². The third kappa shape index (κ3) is 3.79. The van der Waals surface area contributed by atoms with Crippen molar-refractivity contribution in [1.29, 1.82) is 0 Å². The maximum Gasteiger partial charge on any atom is 0.261 e. The van der Waals surface area contributed by atoms with Crippen molar-refractivity contribution in [2.45, 2.75) is 64.1 Å². The fourth-order valence-corrected chi connectivity index (χ4v) is 8.82. The highest BCUT2D eigenvalue weighted by Crippen LogP contribution is 2.39. The first-order chi connectivity index (χ1) is 12.3. The van der Waals surface area contributed by atoms with Gasteiger partial charge in [0.1, 0.15) is 0 Å². The quantitative estimate of drug-likeness (QED) is 0.838. The molecule has 1 N–H and O–H groups in total. The lowest BCUT2D eigenvalue weighted by Gasteiger charge is -2.46. The topological polar surface area (TPSA) is 38.7 Å². The van der Waals surface area contributed by atoms with Gasteiger partial charge in [0.05, 0.1) is 12.2 Å². The number of aliphatic hydroxyl groups excluding tert-OH is 1. The smallest absolute Gasteiger partial charge is 0.261 e. The largest absolute Gasteiger partial charge is 0.404 e. The summed E-state index contributed by atoms with van der Waals surface area (Å²) in [6, 6.07) is 21.3. The molecule has 0 aliphatic carbocycles. The third-order valence-electron chi connectivity index (χ3n) is 5.21. The van der Waals surface area contributed by atoms with E-state index in [9.17, 15) is 5.11 Å². The van der Waals surface area contributed by atoms with Gasteiger partial charge in [-0.25, -0.2) is 0 Å². The molecule has 2 aromatic carbocycles. The van der Waals surface area contributed by atoms with Gasteiger partial charge in [-0.1, -0.05) is 81.4 Å². The van der Waals surface area contributed by atoms with Gasteiger partial charge in [-0.05, 0) is 28.8 Å². The van der Waals surface area contributed by atoms with Crippen LogP contribution in [0.2, 0.25) is 5.04 Å². The van der Waals surface area contributed by atoms with Crippen LogP contribution in [0.15, 0.2) is 60.7 Å². The van der Waals surface area contributed by atoms with Gasteiger partial charge in [-0.15, -0.1) is 0 Å². The SMILES string of the molecule is C[C@@H]1C[C@@H](O[Si](c2ccccc2)(c2ccccc2)C(C)(C)C)CC(O)O1. The van der Waals surface area contributed by atoms with E-state index in [0.717, 1.165) is 6.42 Å². The number of hydrogen-bond donors (Lipinski definition) is 1. The zero-order valence-electron chi connectivity index (χ0n) is 16.2. The van der Waals surface area contributed by atoms with Gasteiger partial charge in [0.25, 0.3) is 8.32 Å². The minimum absolute atomic E-state index is 0.00182. The summed E-state index contributed by atoms with van der Waals surface area (Å²) in [5, 5.41) is 12.6. The molecule has 0 aromatic heterocycles. The van der Waals surface area contributed by atoms with Crippen molar-refractivity contribution in [3.63, 3.8) is 0 Å². The molecule has 0 bridgehead atoms. The van der Waals surface area contributed by atoms with Crippen LogP contribution in [0, 0.1) is 0 Å². The molecule has 1 aliphatic rings. The van der Waals surface area contributed by atoms with Crippen LogP contribution >= 0.6 is 0 Å². The molecule has 0 amide bonds. The molecule has 26 heavy (non-hydrogen) atoms. The minimum Gasteiger partial charge on any atom is -0.404 e. The Morgan fingerprint density at radius 3 is 1.85 bits per heavy atom. The number of rotatable bonds is 4. The zero-order chi connectivity index (χ0) is 18.8. The van der Waals surface area contributed by atoms with Crippen LogP contribution in [0.5, 0.6) is 0 Å². The number of ether oxygens (including phenoxy) is 1. The Balaban J connectivity index is 2.11. The molecule has 0 spiro atoms. The van der Waals surface area contributed by atoms with Gasteiger partial charge in [-0.3, -0.25) is 0 Å². The molecule has 0 saturated carbocycles. The first-order valence-electron chi connectivity index (χ1n) is 9.45. The van der Waals surface area contributed by atoms with E-state index in [1.807, 2.05) is 6.92 Å². The lowest BCUT2D eigenvalue weighted by molar-refractivity contribution is -0.180. The van der Waals surface area contributed by atoms with E-state index < -0.39 is 14.6 Å². The summed E-state index contributed by atoms with van der Waals surface area (Å²) in [4.78, 5) is 0. The van der Waals surface area contributed by atoms with Gasteiger partial charge in [-0.2, -0.15) is 0 Å². The first-order valence-corrected chi connectivity index (χ1v) is 11.4. The maximum absolute atomic E-state index is 10.1. The van der Waals surface area contributed by atoms with E-state index in [1.54, 1.807) is 0 Å². The molecule has 1 unspecified atom stereocenters. The second-order valence-electron chi connectivity index (χ2n) is 8.28. The molecule has 4 heteroatoms. The Hall–Kier alpha value is -1.46. The Morgan fingerprint density at radius 2 is 1.42 bits per heavy atom. The molecule has 2 aromatic rings. The van der Waals surface area contributed by atoms with Crippen molar-refractivity contribution < 1.29 is 14.3 Å². The standard InChI is InChI=1S/C22H30O3Si/c1-17-15-18(16-21(23)24-17)25-26(22(2,3)4,19-11-7-5-8-12-19)20-13-9-6-10-14-20/h5-14,17-18,21,23H,15-16H2,1-4H3/t17-,18-,21?/m1/s1. The van der Waals surface area contributed by atoms with Crippen molar-refractivity contribution in [1.82, 2.24) is 0 Å². The van der Waals surface area contributed by atoms with Crippen molar-refractivity contribution in [2.24, 2.45) is 0 Å². The lowest BCUT2D eigenvalue weighted by atomic mass is 10.1. The van der Waals surface area contributed by atoms with E-state index in [-0.39, 0.29) is 17.2 Å². The van der Waals surface area contributed by atoms with Crippen LogP contribution in [0.4, 0.5) is 0 Å². The highest BCUT2D eigenvalue weighted by Gasteiger charge is 2.52. The van der Waals surface area contributed by atoms with Crippen LogP contribution in [-0.4, -0.2) is 31.9 Å². The monoisotopic (exact) mass is 370 g/mol. The van der Waals surface area contributed by atoms with Crippen molar-refractivity contribution >= 4 is 18.7 Å². The Morgan fingerprint density at radius 1 is 0.923 bits per heavy atom. The van der Waals surface area contributed by atoms with E-state index in [0.29, 0.717) is 6.42 Å². The summed E-state index contributed by atoms with van der Waals surface area (Å²) in [5.41, 5.74) is 0. The van der Waals surface area contributed by atoms with Crippen LogP contribution in [0.25, 0.3) is 0 Å². The average molecular weight is 371 g/mol. The Labute approximate surface area is 158 Å². The summed E-state index contributed by atoms with van der Waals surface area (Å²) < 4.78 is 12.6. The molecular formula is C22H30O3Si. The molecule has 3 rings (SSSR count). The predicted molar refractivity (Wildman–Crippen MR) is 108 cm³/mol. The molecule has 0 radical (unpaired) electrons. The predicted octanol–water partition coefficient (Wildman–Crippen LogP) is 3.45. The second kappa shape index (κ2) is 7.65. The molecule has 3 atom stereocenters. The molecule has 1 aliphatic heterocycles. The molecule has 140 valence electrons. The highest BCUT2D eigenvalue weighted by atomic mass is 28.4. The summed E-state index contributed by atoms with van der Waals surface area (Å²) >= 11 is 0. The number of hydrogen-bond acceptors (Lipinski definition) is 3. The normalized spacial score (nSPS) is 24.4. The van der Waals surface area contributed by atoms with Crippen LogP contribution in [0.1, 0.15) is 40.5 Å². The summed E-state index contributed by atoms with van der Waals surface area (Å²) in [6.45, 7) is 8.83. The van der Waals surface area contributed by atoms with Crippen molar-refractivity contribution in [2.75, 3.05) is 0 Å². The third-order valence-corrected chi connectivity index (χ3v) is 10.3. The van der Waals surface area contributed by atoms with Crippen molar-refractivity contribution in [3.8, 4) is 0 Å². The second-order valence-corrected chi connectivity index (χ2v) is 12.5. The first kappa shape index (κ1) is 19.3. The van der Waals surface area contributed by atoms with Crippen LogP contribution in [-0.2, 0) is 9.16 Å². The summed E-state index contributed by atoms with van der Waals surface area (Å²) in [5.74, 6) is 0. The van der Waals surface area contributed by atoms with Crippen molar-refractivity contribution in [3.05, 3.63) is 60.7 Å². The van der Waals surface area contributed by atoms with Gasteiger partial charge < -0.3 is 14.3 Å². The average Bonchev–Trinajstić information content (AvgIpc) is 2.59. The van der Waals surface area contributed by atoms with E-state index in [4.69, 9.17) is 9.16 Å². The Kier molecular flexibility index (Phi) is 5.68. The molecule has 1 fully saturated rings. The van der Waals surface area contributed by atoms with Gasteiger partial charge in [0, 0.05) is 6.42 Å². The molecular weight excluding hydrogens is 340 g/mol.